The topological polar surface area (TPSA) is 14.2 Å². The molecule has 11 aromatic rings. The normalized spacial score (nSPS) is 13.1. The molecule has 0 saturated carbocycles. The lowest BCUT2D eigenvalue weighted by molar-refractivity contribution is 1.18. The summed E-state index contributed by atoms with van der Waals surface area (Å²) in [5.74, 6) is 0. The quantitative estimate of drug-likeness (QED) is 0.163. The van der Waals surface area contributed by atoms with Crippen molar-refractivity contribution in [3.8, 4) is 33.6 Å². The summed E-state index contributed by atoms with van der Waals surface area (Å²) in [7, 11) is 0. The van der Waals surface area contributed by atoms with Crippen molar-refractivity contribution in [2.24, 2.45) is 0 Å². The molecule has 0 aliphatic heterocycles. The Balaban J connectivity index is 1.06. The smallest absolute Gasteiger partial charge is 0.189 e. The lowest BCUT2D eigenvalue weighted by Crippen LogP contribution is -1.93. The molecule has 3 nitrogen and oxygen atoms in total. The van der Waals surface area contributed by atoms with E-state index in [1.807, 2.05) is 36.4 Å². The first-order valence-electron chi connectivity index (χ1n) is 19.9. The van der Waals surface area contributed by atoms with Crippen molar-refractivity contribution in [1.82, 2.24) is 9.13 Å². The van der Waals surface area contributed by atoms with E-state index in [-0.39, 0.29) is 29.7 Å². The maximum absolute atomic E-state index is 8.69. The van der Waals surface area contributed by atoms with Crippen LogP contribution in [0.4, 0.5) is 5.69 Å². The molecule has 8 aromatic carbocycles. The van der Waals surface area contributed by atoms with E-state index < -0.39 is 6.04 Å². The number of benzene rings is 8. The molecule has 0 spiro atoms. The largest absolute Gasteiger partial charge is 0.311 e. The SMILES string of the molecule is [2H]c1c([2H])c([2H])c(-c2cccc3sc4cc(-n5c6ccccc6c6cc(-c7ccc8c(c7)c7ccccc7n8-c7cccc([N+]#[C-])c7)ccc65)ccc4c23)c([2H])c1[2H]. The molecule has 0 fully saturated rings. The zero-order chi connectivity index (χ0) is 39.4. The Kier molecular flexibility index (Phi) is 5.47. The van der Waals surface area contributed by atoms with E-state index in [2.05, 4.69) is 123 Å². The van der Waals surface area contributed by atoms with Gasteiger partial charge < -0.3 is 9.13 Å². The van der Waals surface area contributed by atoms with Crippen LogP contribution in [0.2, 0.25) is 0 Å². The molecular formula is C49H29N3S. The molecule has 0 unspecified atom stereocenters. The Labute approximate surface area is 316 Å². The van der Waals surface area contributed by atoms with Crippen LogP contribution in [0.15, 0.2) is 176 Å². The van der Waals surface area contributed by atoms with Gasteiger partial charge in [0.05, 0.1) is 35.5 Å². The molecule has 0 radical (unpaired) electrons. The first kappa shape index (κ1) is 25.1. The molecule has 246 valence electrons. The second-order valence-electron chi connectivity index (χ2n) is 13.3. The van der Waals surface area contributed by atoms with Crippen LogP contribution in [0.1, 0.15) is 6.85 Å². The van der Waals surface area contributed by atoms with E-state index in [1.165, 1.54) is 0 Å². The van der Waals surface area contributed by atoms with Gasteiger partial charge in [0.2, 0.25) is 0 Å². The van der Waals surface area contributed by atoms with Crippen LogP contribution in [0.3, 0.4) is 0 Å². The Bertz CT molecular complexity index is 3580. The van der Waals surface area contributed by atoms with Gasteiger partial charge in [0.25, 0.3) is 0 Å². The van der Waals surface area contributed by atoms with Gasteiger partial charge in [-0.25, -0.2) is 4.85 Å². The summed E-state index contributed by atoms with van der Waals surface area (Å²) in [4.78, 5) is 3.68. The van der Waals surface area contributed by atoms with E-state index in [0.29, 0.717) is 11.3 Å². The Hall–Kier alpha value is -6.93. The molecule has 11 rings (SSSR count). The third-order valence-electron chi connectivity index (χ3n) is 10.4. The molecule has 53 heavy (non-hydrogen) atoms. The molecule has 0 atom stereocenters. The number of hydrogen-bond acceptors (Lipinski definition) is 1. The number of hydrogen-bond donors (Lipinski definition) is 0. The summed E-state index contributed by atoms with van der Waals surface area (Å²) in [6, 6.07) is 48.8. The van der Waals surface area contributed by atoms with Gasteiger partial charge >= 0.3 is 0 Å². The number of fused-ring (bicyclic) bond motifs is 9. The van der Waals surface area contributed by atoms with Gasteiger partial charge in [0.1, 0.15) is 0 Å². The number of rotatable bonds is 4. The monoisotopic (exact) mass is 696 g/mol. The highest BCUT2D eigenvalue weighted by Crippen LogP contribution is 2.43. The third-order valence-corrected chi connectivity index (χ3v) is 11.5. The van der Waals surface area contributed by atoms with Crippen molar-refractivity contribution in [3.63, 3.8) is 0 Å². The fraction of sp³-hybridized carbons (Fsp3) is 0. The highest BCUT2D eigenvalue weighted by Gasteiger charge is 2.18. The molecule has 4 heteroatoms. The highest BCUT2D eigenvalue weighted by molar-refractivity contribution is 7.26. The number of para-hydroxylation sites is 2. The summed E-state index contributed by atoms with van der Waals surface area (Å²) in [6.07, 6.45) is 0. The van der Waals surface area contributed by atoms with E-state index in [1.54, 1.807) is 11.3 Å². The first-order valence-corrected chi connectivity index (χ1v) is 18.2. The van der Waals surface area contributed by atoms with Crippen molar-refractivity contribution in [3.05, 3.63) is 187 Å². The van der Waals surface area contributed by atoms with Gasteiger partial charge in [-0.05, 0) is 89.0 Å². The average Bonchev–Trinajstić information content (AvgIpc) is 3.92. The summed E-state index contributed by atoms with van der Waals surface area (Å²) >= 11 is 1.64. The van der Waals surface area contributed by atoms with Gasteiger partial charge in [-0.15, -0.1) is 11.3 Å². The minimum atomic E-state index is -0.394. The number of aromatic nitrogens is 2. The number of nitrogens with zero attached hydrogens (tertiary/aromatic N) is 3. The van der Waals surface area contributed by atoms with Gasteiger partial charge in [-0.3, -0.25) is 0 Å². The van der Waals surface area contributed by atoms with E-state index in [9.17, 15) is 0 Å². The summed E-state index contributed by atoms with van der Waals surface area (Å²) < 4.78 is 48.7. The zero-order valence-electron chi connectivity index (χ0n) is 33.1. The molecule has 3 heterocycles. The fourth-order valence-electron chi connectivity index (χ4n) is 8.11. The summed E-state index contributed by atoms with van der Waals surface area (Å²) in [5, 5.41) is 6.46. The molecule has 0 N–H and O–H groups in total. The van der Waals surface area contributed by atoms with Crippen molar-refractivity contribution in [2.75, 3.05) is 0 Å². The van der Waals surface area contributed by atoms with Crippen LogP contribution < -0.4 is 0 Å². The predicted molar refractivity (Wildman–Crippen MR) is 225 cm³/mol. The molecule has 0 amide bonds. The van der Waals surface area contributed by atoms with Crippen LogP contribution in [0.25, 0.3) is 102 Å². The lowest BCUT2D eigenvalue weighted by Gasteiger charge is -2.10. The van der Waals surface area contributed by atoms with E-state index >= 15 is 0 Å². The minimum Gasteiger partial charge on any atom is -0.311 e. The minimum absolute atomic E-state index is 0.200. The third kappa shape index (κ3) is 4.52. The van der Waals surface area contributed by atoms with Crippen molar-refractivity contribution < 1.29 is 6.85 Å². The summed E-state index contributed by atoms with van der Waals surface area (Å²) in [5.41, 5.74) is 10.0. The van der Waals surface area contributed by atoms with Gasteiger partial charge in [0.15, 0.2) is 5.69 Å². The van der Waals surface area contributed by atoms with Gasteiger partial charge in [0, 0.05) is 53.1 Å². The maximum atomic E-state index is 8.69. The highest BCUT2D eigenvalue weighted by atomic mass is 32.1. The fourth-order valence-corrected chi connectivity index (χ4v) is 9.27. The van der Waals surface area contributed by atoms with Crippen LogP contribution in [-0.4, -0.2) is 9.13 Å². The Morgan fingerprint density at radius 3 is 1.77 bits per heavy atom. The van der Waals surface area contributed by atoms with E-state index in [0.717, 1.165) is 86.3 Å². The first-order chi connectivity index (χ1) is 28.3. The Morgan fingerprint density at radius 1 is 0.472 bits per heavy atom. The molecule has 3 aromatic heterocycles. The standard InChI is InChI=1S/C49H29N3S/c1-50-34-13-9-14-35(29-34)51-43-18-7-5-15-38(43)41-27-32(21-25-45(41)51)33-22-26-46-42(28-33)39-16-6-8-19-44(39)52(46)36-23-24-40-48(30-36)53-47-20-10-17-37(49(40)47)31-11-3-2-4-12-31/h2-30H/i2D,3D,4D,11D,12D. The second kappa shape index (κ2) is 11.5. The summed E-state index contributed by atoms with van der Waals surface area (Å²) in [6.45, 7) is 7.58. The van der Waals surface area contributed by atoms with Crippen molar-refractivity contribution >= 4 is 80.8 Å². The predicted octanol–water partition coefficient (Wildman–Crippen LogP) is 14.1. The molecule has 0 aliphatic carbocycles. The zero-order valence-corrected chi connectivity index (χ0v) is 28.9. The number of thiophene rings is 1. The van der Waals surface area contributed by atoms with Gasteiger partial charge in [-0.2, -0.15) is 0 Å². The average molecular weight is 697 g/mol. The van der Waals surface area contributed by atoms with Crippen molar-refractivity contribution in [1.29, 1.82) is 0 Å². The van der Waals surface area contributed by atoms with E-state index in [4.69, 9.17) is 13.4 Å². The van der Waals surface area contributed by atoms with Crippen LogP contribution >= 0.6 is 11.3 Å². The van der Waals surface area contributed by atoms with Gasteiger partial charge in [-0.1, -0.05) is 109 Å². The van der Waals surface area contributed by atoms with Crippen LogP contribution in [0.5, 0.6) is 0 Å². The molecule has 0 aliphatic rings. The molecular weight excluding hydrogens is 663 g/mol. The second-order valence-corrected chi connectivity index (χ2v) is 14.3. The maximum Gasteiger partial charge on any atom is 0.189 e. The van der Waals surface area contributed by atoms with Crippen molar-refractivity contribution in [2.45, 2.75) is 0 Å². The molecule has 0 bridgehead atoms. The molecule has 0 saturated heterocycles. The van der Waals surface area contributed by atoms with Crippen LogP contribution in [0, 0.1) is 6.57 Å². The Morgan fingerprint density at radius 2 is 1.09 bits per heavy atom. The van der Waals surface area contributed by atoms with Crippen LogP contribution in [-0.2, 0) is 0 Å². The lowest BCUT2D eigenvalue weighted by atomic mass is 9.99.